The third-order valence-electron chi connectivity index (χ3n) is 5.05. The van der Waals surface area contributed by atoms with Crippen molar-refractivity contribution in [2.75, 3.05) is 19.6 Å². The van der Waals surface area contributed by atoms with E-state index in [4.69, 9.17) is 5.73 Å². The van der Waals surface area contributed by atoms with E-state index < -0.39 is 0 Å². The zero-order valence-corrected chi connectivity index (χ0v) is 12.7. The van der Waals surface area contributed by atoms with Gasteiger partial charge in [0.15, 0.2) is 0 Å². The van der Waals surface area contributed by atoms with Gasteiger partial charge >= 0.3 is 0 Å². The standard InChI is InChI=1S/C18H28N2/c1-2-5-14-10-11-20(13-14)18(12-19)17-7-4-3-6-16(17)15-8-9-15/h3-4,6-7,14-15,18H,2,5,8-13,19H2,1H3. The van der Waals surface area contributed by atoms with Gasteiger partial charge in [0.1, 0.15) is 0 Å². The third-order valence-corrected chi connectivity index (χ3v) is 5.05. The predicted octanol–water partition coefficient (Wildman–Crippen LogP) is 3.69. The molecule has 1 heterocycles. The molecule has 0 amide bonds. The number of rotatable bonds is 6. The Morgan fingerprint density at radius 2 is 2.05 bits per heavy atom. The van der Waals surface area contributed by atoms with Crippen molar-refractivity contribution >= 4 is 0 Å². The van der Waals surface area contributed by atoms with Crippen molar-refractivity contribution in [3.8, 4) is 0 Å². The van der Waals surface area contributed by atoms with Crippen LogP contribution in [0.5, 0.6) is 0 Å². The van der Waals surface area contributed by atoms with Gasteiger partial charge < -0.3 is 5.73 Å². The first-order valence-corrected chi connectivity index (χ1v) is 8.36. The maximum absolute atomic E-state index is 6.15. The zero-order chi connectivity index (χ0) is 13.9. The van der Waals surface area contributed by atoms with Crippen LogP contribution in [0.15, 0.2) is 24.3 Å². The van der Waals surface area contributed by atoms with Crippen LogP contribution in [0.4, 0.5) is 0 Å². The monoisotopic (exact) mass is 272 g/mol. The normalized spacial score (nSPS) is 25.0. The summed E-state index contributed by atoms with van der Waals surface area (Å²) in [4.78, 5) is 2.64. The Balaban J connectivity index is 1.77. The highest BCUT2D eigenvalue weighted by Crippen LogP contribution is 2.44. The number of nitrogens with two attached hydrogens (primary N) is 1. The van der Waals surface area contributed by atoms with Crippen LogP contribution in [0.2, 0.25) is 0 Å². The van der Waals surface area contributed by atoms with Crippen molar-refractivity contribution < 1.29 is 0 Å². The SMILES string of the molecule is CCCC1CCN(C(CN)c2ccccc2C2CC2)C1. The van der Waals surface area contributed by atoms with Gasteiger partial charge in [0.2, 0.25) is 0 Å². The molecule has 0 aromatic heterocycles. The second-order valence-corrected chi connectivity index (χ2v) is 6.59. The number of nitrogens with zero attached hydrogens (tertiary/aromatic N) is 1. The molecule has 2 atom stereocenters. The Bertz CT molecular complexity index is 439. The first-order valence-electron chi connectivity index (χ1n) is 8.36. The number of likely N-dealkylation sites (tertiary alicyclic amines) is 1. The van der Waals surface area contributed by atoms with Crippen LogP contribution in [0.3, 0.4) is 0 Å². The highest BCUT2D eigenvalue weighted by atomic mass is 15.2. The fourth-order valence-corrected chi connectivity index (χ4v) is 3.84. The minimum absolute atomic E-state index is 0.439. The highest BCUT2D eigenvalue weighted by molar-refractivity contribution is 5.36. The highest BCUT2D eigenvalue weighted by Gasteiger charge is 2.32. The average Bonchev–Trinajstić information content (AvgIpc) is 3.22. The fraction of sp³-hybridized carbons (Fsp3) is 0.667. The van der Waals surface area contributed by atoms with E-state index in [-0.39, 0.29) is 0 Å². The van der Waals surface area contributed by atoms with Crippen LogP contribution in [-0.2, 0) is 0 Å². The zero-order valence-electron chi connectivity index (χ0n) is 12.7. The molecule has 110 valence electrons. The van der Waals surface area contributed by atoms with Crippen LogP contribution in [0.25, 0.3) is 0 Å². The molecule has 0 radical (unpaired) electrons. The van der Waals surface area contributed by atoms with E-state index in [1.54, 1.807) is 5.56 Å². The van der Waals surface area contributed by atoms with E-state index >= 15 is 0 Å². The van der Waals surface area contributed by atoms with Crippen LogP contribution in [0, 0.1) is 5.92 Å². The van der Waals surface area contributed by atoms with Crippen LogP contribution in [-0.4, -0.2) is 24.5 Å². The summed E-state index contributed by atoms with van der Waals surface area (Å²) in [7, 11) is 0. The molecule has 0 bridgehead atoms. The molecule has 2 unspecified atom stereocenters. The molecule has 2 nitrogen and oxygen atoms in total. The summed E-state index contributed by atoms with van der Waals surface area (Å²) in [6, 6.07) is 9.46. The molecule has 3 rings (SSSR count). The quantitative estimate of drug-likeness (QED) is 0.856. The summed E-state index contributed by atoms with van der Waals surface area (Å²) in [5.74, 6) is 1.71. The minimum Gasteiger partial charge on any atom is -0.329 e. The lowest BCUT2D eigenvalue weighted by atomic mass is 9.96. The van der Waals surface area contributed by atoms with Crippen molar-refractivity contribution in [1.82, 2.24) is 4.90 Å². The van der Waals surface area contributed by atoms with Gasteiger partial charge in [-0.2, -0.15) is 0 Å². The smallest absolute Gasteiger partial charge is 0.0473 e. The number of benzene rings is 1. The number of hydrogen-bond donors (Lipinski definition) is 1. The molecule has 1 aromatic rings. The van der Waals surface area contributed by atoms with Crippen molar-refractivity contribution in [3.63, 3.8) is 0 Å². The minimum atomic E-state index is 0.439. The summed E-state index contributed by atoms with van der Waals surface area (Å²) >= 11 is 0. The lowest BCUT2D eigenvalue weighted by Gasteiger charge is -2.29. The van der Waals surface area contributed by atoms with E-state index in [0.29, 0.717) is 6.04 Å². The van der Waals surface area contributed by atoms with Gasteiger partial charge in [-0.3, -0.25) is 4.90 Å². The third kappa shape index (κ3) is 2.91. The first kappa shape index (κ1) is 14.1. The van der Waals surface area contributed by atoms with Gasteiger partial charge in [-0.15, -0.1) is 0 Å². The Labute approximate surface area is 123 Å². The van der Waals surface area contributed by atoms with Crippen molar-refractivity contribution in [2.24, 2.45) is 11.7 Å². The largest absolute Gasteiger partial charge is 0.329 e. The molecule has 2 aliphatic rings. The molecule has 1 aliphatic carbocycles. The van der Waals surface area contributed by atoms with Gasteiger partial charge in [-0.05, 0) is 55.2 Å². The Morgan fingerprint density at radius 3 is 2.75 bits per heavy atom. The Kier molecular flexibility index (Phi) is 4.42. The van der Waals surface area contributed by atoms with Crippen LogP contribution < -0.4 is 5.73 Å². The molecule has 2 fully saturated rings. The van der Waals surface area contributed by atoms with E-state index in [0.717, 1.165) is 18.4 Å². The van der Waals surface area contributed by atoms with E-state index in [9.17, 15) is 0 Å². The molecule has 1 saturated carbocycles. The topological polar surface area (TPSA) is 29.3 Å². The summed E-state index contributed by atoms with van der Waals surface area (Å²) in [6.45, 7) is 5.52. The molecular weight excluding hydrogens is 244 g/mol. The molecule has 1 aromatic carbocycles. The van der Waals surface area contributed by atoms with Crippen LogP contribution >= 0.6 is 0 Å². The van der Waals surface area contributed by atoms with Gasteiger partial charge in [-0.1, -0.05) is 37.6 Å². The second kappa shape index (κ2) is 6.28. The molecule has 1 aliphatic heterocycles. The average molecular weight is 272 g/mol. The first-order chi connectivity index (χ1) is 9.83. The van der Waals surface area contributed by atoms with Gasteiger partial charge in [0.25, 0.3) is 0 Å². The summed E-state index contributed by atoms with van der Waals surface area (Å²) < 4.78 is 0. The lowest BCUT2D eigenvalue weighted by Crippen LogP contribution is -2.32. The van der Waals surface area contributed by atoms with E-state index in [1.807, 2.05) is 0 Å². The fourth-order valence-electron chi connectivity index (χ4n) is 3.84. The molecule has 0 spiro atoms. The van der Waals surface area contributed by atoms with Crippen molar-refractivity contribution in [1.29, 1.82) is 0 Å². The van der Waals surface area contributed by atoms with E-state index in [1.165, 1.54) is 50.8 Å². The summed E-state index contributed by atoms with van der Waals surface area (Å²) in [5.41, 5.74) is 9.23. The molecule has 2 N–H and O–H groups in total. The molecule has 2 heteroatoms. The van der Waals surface area contributed by atoms with Crippen molar-refractivity contribution in [2.45, 2.75) is 51.0 Å². The van der Waals surface area contributed by atoms with Crippen LogP contribution in [0.1, 0.15) is 62.1 Å². The van der Waals surface area contributed by atoms with Gasteiger partial charge in [-0.25, -0.2) is 0 Å². The Hall–Kier alpha value is -0.860. The van der Waals surface area contributed by atoms with E-state index in [2.05, 4.69) is 36.1 Å². The Morgan fingerprint density at radius 1 is 1.25 bits per heavy atom. The molecular formula is C18H28N2. The predicted molar refractivity (Wildman–Crippen MR) is 84.8 cm³/mol. The van der Waals surface area contributed by atoms with Gasteiger partial charge in [0, 0.05) is 19.1 Å². The maximum atomic E-state index is 6.15. The summed E-state index contributed by atoms with van der Waals surface area (Å²) in [5, 5.41) is 0. The molecule has 20 heavy (non-hydrogen) atoms. The molecule has 1 saturated heterocycles. The summed E-state index contributed by atoms with van der Waals surface area (Å²) in [6.07, 6.45) is 6.78. The number of hydrogen-bond acceptors (Lipinski definition) is 2. The second-order valence-electron chi connectivity index (χ2n) is 6.59. The maximum Gasteiger partial charge on any atom is 0.0473 e. The van der Waals surface area contributed by atoms with Gasteiger partial charge in [0.05, 0.1) is 0 Å². The lowest BCUT2D eigenvalue weighted by molar-refractivity contribution is 0.238. The van der Waals surface area contributed by atoms with Crippen molar-refractivity contribution in [3.05, 3.63) is 35.4 Å².